The molecule has 0 aliphatic carbocycles. The number of thiazole rings is 1. The fourth-order valence-corrected chi connectivity index (χ4v) is 4.23. The molecule has 1 saturated heterocycles. The van der Waals surface area contributed by atoms with E-state index in [4.69, 9.17) is 23.2 Å². The monoisotopic (exact) mass is 449 g/mol. The van der Waals surface area contributed by atoms with Gasteiger partial charge in [-0.15, -0.1) is 11.3 Å². The number of amides is 3. The van der Waals surface area contributed by atoms with Crippen molar-refractivity contribution in [2.24, 2.45) is 0 Å². The zero-order valence-electron chi connectivity index (χ0n) is 15.1. The summed E-state index contributed by atoms with van der Waals surface area (Å²) in [7, 11) is 0. The van der Waals surface area contributed by atoms with Crippen molar-refractivity contribution in [3.05, 3.63) is 75.0 Å². The first-order valence-electron chi connectivity index (χ1n) is 8.58. The number of benzene rings is 2. The summed E-state index contributed by atoms with van der Waals surface area (Å²) < 4.78 is 13.1. The van der Waals surface area contributed by atoms with Crippen molar-refractivity contribution in [3.8, 4) is 10.6 Å². The Morgan fingerprint density at radius 1 is 1.14 bits per heavy atom. The highest BCUT2D eigenvalue weighted by Gasteiger charge is 2.49. The van der Waals surface area contributed by atoms with Crippen molar-refractivity contribution in [1.29, 1.82) is 0 Å². The second kappa shape index (κ2) is 7.40. The SMILES string of the molecule is CC1(c2ccc(Cl)c(Cl)c2)NC(=O)N(Cc2csc(-c3ccc(F)cc3)n2)C1=O. The van der Waals surface area contributed by atoms with E-state index in [1.807, 2.05) is 0 Å². The largest absolute Gasteiger partial charge is 0.325 e. The number of imide groups is 1. The number of carbonyl (C=O) groups is 2. The third kappa shape index (κ3) is 3.61. The fraction of sp³-hybridized carbons (Fsp3) is 0.150. The van der Waals surface area contributed by atoms with E-state index in [0.717, 1.165) is 10.5 Å². The lowest BCUT2D eigenvalue weighted by atomic mass is 9.92. The van der Waals surface area contributed by atoms with E-state index in [0.29, 0.717) is 26.3 Å². The molecule has 4 rings (SSSR count). The number of nitrogens with one attached hydrogen (secondary N) is 1. The Morgan fingerprint density at radius 2 is 1.86 bits per heavy atom. The summed E-state index contributed by atoms with van der Waals surface area (Å²) in [6, 6.07) is 10.3. The molecule has 0 spiro atoms. The molecule has 29 heavy (non-hydrogen) atoms. The van der Waals surface area contributed by atoms with Gasteiger partial charge in [0.2, 0.25) is 0 Å². The summed E-state index contributed by atoms with van der Waals surface area (Å²) in [5, 5.41) is 5.84. The van der Waals surface area contributed by atoms with Gasteiger partial charge in [0.1, 0.15) is 16.4 Å². The molecule has 2 aromatic carbocycles. The van der Waals surface area contributed by atoms with Crippen molar-refractivity contribution in [2.75, 3.05) is 0 Å². The first-order valence-corrected chi connectivity index (χ1v) is 10.2. The van der Waals surface area contributed by atoms with Crippen LogP contribution in [0.2, 0.25) is 10.0 Å². The van der Waals surface area contributed by atoms with Crippen LogP contribution in [-0.2, 0) is 16.9 Å². The van der Waals surface area contributed by atoms with Gasteiger partial charge in [-0.05, 0) is 48.9 Å². The molecule has 1 aliphatic heterocycles. The number of hydrogen-bond donors (Lipinski definition) is 1. The average molecular weight is 450 g/mol. The maximum atomic E-state index is 13.1. The topological polar surface area (TPSA) is 62.3 Å². The Bertz CT molecular complexity index is 1120. The Kier molecular flexibility index (Phi) is 5.06. The summed E-state index contributed by atoms with van der Waals surface area (Å²) in [6.07, 6.45) is 0. The predicted molar refractivity (Wildman–Crippen MR) is 110 cm³/mol. The first kappa shape index (κ1) is 19.8. The number of carbonyl (C=O) groups excluding carboxylic acids is 2. The second-order valence-corrected chi connectivity index (χ2v) is 8.40. The van der Waals surface area contributed by atoms with Crippen molar-refractivity contribution < 1.29 is 14.0 Å². The number of halogens is 3. The summed E-state index contributed by atoms with van der Waals surface area (Å²) in [5.41, 5.74) is 0.621. The Morgan fingerprint density at radius 3 is 2.55 bits per heavy atom. The summed E-state index contributed by atoms with van der Waals surface area (Å²) in [4.78, 5) is 31.2. The number of aromatic nitrogens is 1. The molecule has 5 nitrogen and oxygen atoms in total. The smallest absolute Gasteiger partial charge is 0.319 e. The standard InChI is InChI=1S/C20H14Cl2FN3O2S/c1-20(12-4-7-15(21)16(22)8-12)18(27)26(19(28)25-20)9-14-10-29-17(24-14)11-2-5-13(23)6-3-11/h2-8,10H,9H2,1H3,(H,25,28). The van der Waals surface area contributed by atoms with Crippen LogP contribution in [0.25, 0.3) is 10.6 Å². The molecule has 1 aliphatic rings. The van der Waals surface area contributed by atoms with Crippen LogP contribution in [0.1, 0.15) is 18.2 Å². The third-order valence-electron chi connectivity index (χ3n) is 4.73. The lowest BCUT2D eigenvalue weighted by Crippen LogP contribution is -2.40. The Balaban J connectivity index is 1.57. The van der Waals surface area contributed by atoms with E-state index in [1.165, 1.54) is 23.5 Å². The van der Waals surface area contributed by atoms with Crippen LogP contribution in [0.3, 0.4) is 0 Å². The van der Waals surface area contributed by atoms with Crippen LogP contribution in [0.5, 0.6) is 0 Å². The normalized spacial score (nSPS) is 19.0. The van der Waals surface area contributed by atoms with Crippen LogP contribution >= 0.6 is 34.5 Å². The molecule has 1 unspecified atom stereocenters. The summed E-state index contributed by atoms with van der Waals surface area (Å²) >= 11 is 13.4. The van der Waals surface area contributed by atoms with Gasteiger partial charge in [-0.1, -0.05) is 29.3 Å². The molecule has 0 radical (unpaired) electrons. The molecule has 1 N–H and O–H groups in total. The molecule has 3 aromatic rings. The highest BCUT2D eigenvalue weighted by Crippen LogP contribution is 2.34. The van der Waals surface area contributed by atoms with Gasteiger partial charge in [0, 0.05) is 10.9 Å². The highest BCUT2D eigenvalue weighted by atomic mass is 35.5. The van der Waals surface area contributed by atoms with Gasteiger partial charge in [-0.2, -0.15) is 0 Å². The summed E-state index contributed by atoms with van der Waals surface area (Å²) in [6.45, 7) is 1.65. The minimum Gasteiger partial charge on any atom is -0.319 e. The second-order valence-electron chi connectivity index (χ2n) is 6.73. The molecular formula is C20H14Cl2FN3O2S. The van der Waals surface area contributed by atoms with Gasteiger partial charge in [0.15, 0.2) is 0 Å². The van der Waals surface area contributed by atoms with Crippen molar-refractivity contribution in [3.63, 3.8) is 0 Å². The van der Waals surface area contributed by atoms with E-state index in [9.17, 15) is 14.0 Å². The molecule has 1 atom stereocenters. The molecule has 2 heterocycles. The predicted octanol–water partition coefficient (Wildman–Crippen LogP) is 5.22. The van der Waals surface area contributed by atoms with Crippen LogP contribution < -0.4 is 5.32 Å². The van der Waals surface area contributed by atoms with E-state index >= 15 is 0 Å². The third-order valence-corrected chi connectivity index (χ3v) is 6.41. The van der Waals surface area contributed by atoms with E-state index in [-0.39, 0.29) is 12.4 Å². The van der Waals surface area contributed by atoms with Crippen LogP contribution in [0.15, 0.2) is 47.8 Å². The van der Waals surface area contributed by atoms with Crippen molar-refractivity contribution >= 4 is 46.5 Å². The highest BCUT2D eigenvalue weighted by molar-refractivity contribution is 7.13. The van der Waals surface area contributed by atoms with Gasteiger partial charge < -0.3 is 5.32 Å². The Hall–Kier alpha value is -2.48. The van der Waals surface area contributed by atoms with E-state index in [2.05, 4.69) is 10.3 Å². The maximum Gasteiger partial charge on any atom is 0.325 e. The number of rotatable bonds is 4. The lowest BCUT2D eigenvalue weighted by Gasteiger charge is -2.22. The minimum absolute atomic E-state index is 0.0271. The van der Waals surface area contributed by atoms with E-state index < -0.39 is 17.5 Å². The molecule has 9 heteroatoms. The van der Waals surface area contributed by atoms with Gasteiger partial charge in [0.05, 0.1) is 22.3 Å². The molecule has 148 valence electrons. The zero-order chi connectivity index (χ0) is 20.8. The minimum atomic E-state index is -1.25. The van der Waals surface area contributed by atoms with Gasteiger partial charge in [-0.3, -0.25) is 9.69 Å². The number of hydrogen-bond acceptors (Lipinski definition) is 4. The number of nitrogens with zero attached hydrogens (tertiary/aromatic N) is 2. The van der Waals surface area contributed by atoms with Crippen molar-refractivity contribution in [2.45, 2.75) is 19.0 Å². The Labute approximate surface area is 180 Å². The van der Waals surface area contributed by atoms with Gasteiger partial charge >= 0.3 is 6.03 Å². The molecule has 0 bridgehead atoms. The first-order chi connectivity index (χ1) is 13.8. The maximum absolute atomic E-state index is 13.1. The molecule has 1 aromatic heterocycles. The molecular weight excluding hydrogens is 436 g/mol. The van der Waals surface area contributed by atoms with Crippen LogP contribution in [-0.4, -0.2) is 21.8 Å². The fourth-order valence-electron chi connectivity index (χ4n) is 3.11. The molecule has 1 fully saturated rings. The van der Waals surface area contributed by atoms with Gasteiger partial charge in [-0.25, -0.2) is 14.2 Å². The summed E-state index contributed by atoms with van der Waals surface area (Å²) in [5.74, 6) is -0.733. The average Bonchev–Trinajstić information content (AvgIpc) is 3.24. The van der Waals surface area contributed by atoms with E-state index in [1.54, 1.807) is 42.6 Å². The van der Waals surface area contributed by atoms with Crippen LogP contribution in [0, 0.1) is 5.82 Å². The quantitative estimate of drug-likeness (QED) is 0.555. The lowest BCUT2D eigenvalue weighted by molar-refractivity contribution is -0.131. The molecule has 0 saturated carbocycles. The van der Waals surface area contributed by atoms with Crippen molar-refractivity contribution in [1.82, 2.24) is 15.2 Å². The van der Waals surface area contributed by atoms with Crippen LogP contribution in [0.4, 0.5) is 9.18 Å². The van der Waals surface area contributed by atoms with Gasteiger partial charge in [0.25, 0.3) is 5.91 Å². The zero-order valence-corrected chi connectivity index (χ0v) is 17.4. The molecule has 3 amide bonds. The number of urea groups is 1.